The standard InChI is InChI=1S/C14H13N5OS2/c20-12(15-6-7-18-14-16-4-2-5-17-14)11-9-19-13(22-11)10-3-1-8-21-10/h1-5,8-9H,6-7H2,(H,15,20)(H,16,17,18). The van der Waals surface area contributed by atoms with Gasteiger partial charge >= 0.3 is 0 Å². The Morgan fingerprint density at radius 3 is 2.77 bits per heavy atom. The number of aromatic nitrogens is 3. The minimum absolute atomic E-state index is 0.115. The Morgan fingerprint density at radius 2 is 2.00 bits per heavy atom. The van der Waals surface area contributed by atoms with Gasteiger partial charge in [0.25, 0.3) is 5.91 Å². The molecule has 0 spiro atoms. The third-order valence-corrected chi connectivity index (χ3v) is 4.76. The van der Waals surface area contributed by atoms with Crippen molar-refractivity contribution in [3.63, 3.8) is 0 Å². The van der Waals surface area contributed by atoms with Gasteiger partial charge in [-0.3, -0.25) is 4.79 Å². The SMILES string of the molecule is O=C(NCCNc1ncccn1)c1cnc(-c2cccs2)s1. The van der Waals surface area contributed by atoms with Crippen LogP contribution in [0, 0.1) is 0 Å². The van der Waals surface area contributed by atoms with Crippen LogP contribution in [0.1, 0.15) is 9.67 Å². The summed E-state index contributed by atoms with van der Waals surface area (Å²) in [6.45, 7) is 1.05. The Labute approximate surface area is 135 Å². The zero-order chi connectivity index (χ0) is 15.2. The number of amides is 1. The summed E-state index contributed by atoms with van der Waals surface area (Å²) in [4.78, 5) is 26.1. The van der Waals surface area contributed by atoms with E-state index in [4.69, 9.17) is 0 Å². The van der Waals surface area contributed by atoms with E-state index in [9.17, 15) is 4.79 Å². The molecule has 0 saturated heterocycles. The molecule has 3 rings (SSSR count). The number of rotatable bonds is 6. The molecule has 0 fully saturated rings. The summed E-state index contributed by atoms with van der Waals surface area (Å²) in [6, 6.07) is 5.72. The minimum atomic E-state index is -0.115. The molecular formula is C14H13N5OS2. The molecule has 8 heteroatoms. The lowest BCUT2D eigenvalue weighted by Crippen LogP contribution is -2.28. The van der Waals surface area contributed by atoms with Crippen LogP contribution < -0.4 is 10.6 Å². The lowest BCUT2D eigenvalue weighted by molar-refractivity contribution is 0.0959. The normalized spacial score (nSPS) is 10.4. The van der Waals surface area contributed by atoms with Crippen LogP contribution in [0.4, 0.5) is 5.95 Å². The lowest BCUT2D eigenvalue weighted by Gasteiger charge is -2.05. The molecule has 0 unspecified atom stereocenters. The van der Waals surface area contributed by atoms with Crippen LogP contribution >= 0.6 is 22.7 Å². The number of nitrogens with zero attached hydrogens (tertiary/aromatic N) is 3. The monoisotopic (exact) mass is 331 g/mol. The summed E-state index contributed by atoms with van der Waals surface area (Å²) in [7, 11) is 0. The molecule has 0 aliphatic heterocycles. The lowest BCUT2D eigenvalue weighted by atomic mass is 10.5. The molecule has 112 valence electrons. The van der Waals surface area contributed by atoms with Crippen LogP contribution in [-0.2, 0) is 0 Å². The highest BCUT2D eigenvalue weighted by atomic mass is 32.1. The van der Waals surface area contributed by atoms with Gasteiger partial charge in [0.2, 0.25) is 5.95 Å². The average molecular weight is 331 g/mol. The van der Waals surface area contributed by atoms with Gasteiger partial charge in [-0.1, -0.05) is 6.07 Å². The highest BCUT2D eigenvalue weighted by Gasteiger charge is 2.11. The first-order chi connectivity index (χ1) is 10.8. The number of carbonyl (C=O) groups excluding carboxylic acids is 1. The van der Waals surface area contributed by atoms with Gasteiger partial charge in [0.05, 0.1) is 11.1 Å². The molecule has 0 aliphatic rings. The van der Waals surface area contributed by atoms with Crippen molar-refractivity contribution in [3.05, 3.63) is 47.0 Å². The fourth-order valence-electron chi connectivity index (χ4n) is 1.72. The van der Waals surface area contributed by atoms with Crippen LogP contribution in [-0.4, -0.2) is 33.9 Å². The fourth-order valence-corrected chi connectivity index (χ4v) is 3.36. The first-order valence-electron chi connectivity index (χ1n) is 6.62. The van der Waals surface area contributed by atoms with Gasteiger partial charge in [0.15, 0.2) is 0 Å². The summed E-state index contributed by atoms with van der Waals surface area (Å²) >= 11 is 3.01. The van der Waals surface area contributed by atoms with E-state index in [0.717, 1.165) is 9.88 Å². The first-order valence-corrected chi connectivity index (χ1v) is 8.31. The van der Waals surface area contributed by atoms with Crippen LogP contribution in [0.25, 0.3) is 9.88 Å². The summed E-state index contributed by atoms with van der Waals surface area (Å²) < 4.78 is 0. The van der Waals surface area contributed by atoms with E-state index in [-0.39, 0.29) is 5.91 Å². The van der Waals surface area contributed by atoms with Gasteiger partial charge in [-0.15, -0.1) is 22.7 Å². The van der Waals surface area contributed by atoms with Gasteiger partial charge in [0.1, 0.15) is 9.88 Å². The second-order valence-electron chi connectivity index (χ2n) is 4.26. The minimum Gasteiger partial charge on any atom is -0.352 e. The van der Waals surface area contributed by atoms with Crippen molar-refractivity contribution in [1.82, 2.24) is 20.3 Å². The van der Waals surface area contributed by atoms with Crippen molar-refractivity contribution in [3.8, 4) is 9.88 Å². The summed E-state index contributed by atoms with van der Waals surface area (Å²) in [5.74, 6) is 0.436. The van der Waals surface area contributed by atoms with E-state index in [1.807, 2.05) is 17.5 Å². The molecule has 1 amide bonds. The van der Waals surface area contributed by atoms with Crippen molar-refractivity contribution in [2.45, 2.75) is 0 Å². The van der Waals surface area contributed by atoms with E-state index in [1.165, 1.54) is 11.3 Å². The second-order valence-corrected chi connectivity index (χ2v) is 6.24. The van der Waals surface area contributed by atoms with Gasteiger partial charge in [-0.05, 0) is 17.5 Å². The topological polar surface area (TPSA) is 79.8 Å². The van der Waals surface area contributed by atoms with Crippen LogP contribution in [0.2, 0.25) is 0 Å². The van der Waals surface area contributed by atoms with Crippen molar-refractivity contribution >= 4 is 34.5 Å². The van der Waals surface area contributed by atoms with Gasteiger partial charge in [-0.25, -0.2) is 15.0 Å². The zero-order valence-corrected chi connectivity index (χ0v) is 13.2. The molecule has 0 aromatic carbocycles. The van der Waals surface area contributed by atoms with E-state index >= 15 is 0 Å². The number of carbonyl (C=O) groups is 1. The molecule has 3 heterocycles. The average Bonchev–Trinajstić information content (AvgIpc) is 3.22. The molecule has 0 bridgehead atoms. The number of hydrogen-bond donors (Lipinski definition) is 2. The summed E-state index contributed by atoms with van der Waals surface area (Å²) in [5, 5.41) is 8.74. The summed E-state index contributed by atoms with van der Waals surface area (Å²) in [5.41, 5.74) is 0. The molecule has 22 heavy (non-hydrogen) atoms. The Morgan fingerprint density at radius 1 is 1.14 bits per heavy atom. The molecule has 0 radical (unpaired) electrons. The first kappa shape index (κ1) is 14.6. The van der Waals surface area contributed by atoms with E-state index < -0.39 is 0 Å². The molecule has 3 aromatic rings. The summed E-state index contributed by atoms with van der Waals surface area (Å²) in [6.07, 6.45) is 4.94. The second kappa shape index (κ2) is 7.10. The van der Waals surface area contributed by atoms with Gasteiger partial charge in [0, 0.05) is 25.5 Å². The highest BCUT2D eigenvalue weighted by Crippen LogP contribution is 2.28. The Bertz CT molecular complexity index is 727. The number of nitrogens with one attached hydrogen (secondary N) is 2. The third kappa shape index (κ3) is 3.66. The molecule has 3 aromatic heterocycles. The van der Waals surface area contributed by atoms with Crippen molar-refractivity contribution in [1.29, 1.82) is 0 Å². The third-order valence-electron chi connectivity index (χ3n) is 2.72. The molecule has 0 atom stereocenters. The predicted molar refractivity (Wildman–Crippen MR) is 88.3 cm³/mol. The van der Waals surface area contributed by atoms with Crippen molar-refractivity contribution in [2.24, 2.45) is 0 Å². The largest absolute Gasteiger partial charge is 0.352 e. The molecule has 0 saturated carbocycles. The van der Waals surface area contributed by atoms with E-state index in [1.54, 1.807) is 36.0 Å². The van der Waals surface area contributed by atoms with Gasteiger partial charge in [-0.2, -0.15) is 0 Å². The Hall–Kier alpha value is -2.32. The highest BCUT2D eigenvalue weighted by molar-refractivity contribution is 7.21. The Kier molecular flexibility index (Phi) is 4.71. The smallest absolute Gasteiger partial charge is 0.263 e. The Balaban J connectivity index is 1.48. The maximum Gasteiger partial charge on any atom is 0.263 e. The number of hydrogen-bond acceptors (Lipinski definition) is 7. The van der Waals surface area contributed by atoms with Crippen LogP contribution in [0.15, 0.2) is 42.2 Å². The quantitative estimate of drug-likeness (QED) is 0.679. The maximum absolute atomic E-state index is 12.0. The fraction of sp³-hybridized carbons (Fsp3) is 0.143. The van der Waals surface area contributed by atoms with Crippen LogP contribution in [0.3, 0.4) is 0 Å². The molecule has 0 aliphatic carbocycles. The van der Waals surface area contributed by atoms with Crippen molar-refractivity contribution < 1.29 is 4.79 Å². The number of thiophene rings is 1. The van der Waals surface area contributed by atoms with Crippen LogP contribution in [0.5, 0.6) is 0 Å². The molecule has 2 N–H and O–H groups in total. The molecular weight excluding hydrogens is 318 g/mol. The maximum atomic E-state index is 12.0. The zero-order valence-electron chi connectivity index (χ0n) is 11.5. The number of anilines is 1. The van der Waals surface area contributed by atoms with Crippen molar-refractivity contribution in [2.75, 3.05) is 18.4 Å². The number of thiazole rings is 1. The van der Waals surface area contributed by atoms with E-state index in [2.05, 4.69) is 25.6 Å². The predicted octanol–water partition coefficient (Wildman–Crippen LogP) is 2.50. The van der Waals surface area contributed by atoms with Gasteiger partial charge < -0.3 is 10.6 Å². The molecule has 6 nitrogen and oxygen atoms in total. The van der Waals surface area contributed by atoms with E-state index in [0.29, 0.717) is 23.9 Å².